The minimum absolute atomic E-state index is 0.0552. The molecule has 10 heteroatoms. The molecule has 8 nitrogen and oxygen atoms in total. The zero-order valence-corrected chi connectivity index (χ0v) is 15.2. The van der Waals surface area contributed by atoms with Crippen molar-refractivity contribution in [3.63, 3.8) is 0 Å². The average Bonchev–Trinajstić information content (AvgIpc) is 2.63. The Morgan fingerprint density at radius 2 is 2.12 bits per heavy atom. The SMILES string of the molecule is CCOC(=O)C(C(/C=C(\N)CF)=NC(/C=C\N)=NC)c1ncc(Cl)cn1. The molecule has 1 rings (SSSR count). The van der Waals surface area contributed by atoms with E-state index in [1.165, 1.54) is 37.8 Å². The summed E-state index contributed by atoms with van der Waals surface area (Å²) in [4.78, 5) is 28.8. The molecule has 0 saturated carbocycles. The van der Waals surface area contributed by atoms with Crippen LogP contribution in [0, 0.1) is 0 Å². The van der Waals surface area contributed by atoms with Crippen LogP contribution in [0.25, 0.3) is 0 Å². The molecule has 0 aliphatic heterocycles. The molecule has 0 spiro atoms. The van der Waals surface area contributed by atoms with Crippen LogP contribution in [0.4, 0.5) is 4.39 Å². The van der Waals surface area contributed by atoms with Crippen molar-refractivity contribution in [1.29, 1.82) is 0 Å². The molecule has 0 bridgehead atoms. The minimum Gasteiger partial charge on any atom is -0.465 e. The molecule has 0 saturated heterocycles. The number of carbonyl (C=O) groups excluding carboxylic acids is 1. The Morgan fingerprint density at radius 1 is 1.46 bits per heavy atom. The van der Waals surface area contributed by atoms with Gasteiger partial charge in [-0.25, -0.2) is 19.4 Å². The molecule has 0 fully saturated rings. The van der Waals surface area contributed by atoms with Gasteiger partial charge in [-0.1, -0.05) is 11.6 Å². The van der Waals surface area contributed by atoms with E-state index in [9.17, 15) is 9.18 Å². The van der Waals surface area contributed by atoms with E-state index in [0.29, 0.717) is 0 Å². The van der Waals surface area contributed by atoms with Gasteiger partial charge in [-0.2, -0.15) is 0 Å². The third kappa shape index (κ3) is 6.25. The van der Waals surface area contributed by atoms with Gasteiger partial charge in [-0.15, -0.1) is 0 Å². The van der Waals surface area contributed by atoms with Crippen LogP contribution in [0.2, 0.25) is 5.02 Å². The number of alkyl halides is 1. The normalized spacial score (nSPS) is 14.5. The maximum absolute atomic E-state index is 12.9. The zero-order chi connectivity index (χ0) is 19.5. The fourth-order valence-electron chi connectivity index (χ4n) is 1.84. The average molecular weight is 383 g/mol. The number of esters is 1. The van der Waals surface area contributed by atoms with Crippen molar-refractivity contribution in [3.8, 4) is 0 Å². The standard InChI is InChI=1S/C16H20ClFN6O2/c1-3-26-16(25)14(15-22-8-10(17)9-23-15)12(6-11(20)7-18)24-13(21-2)4-5-19/h4-6,8-9,14H,3,7,19-20H2,1-2H3/b5-4-,11-6-,21-13?,24-12?. The molecule has 1 aromatic rings. The van der Waals surface area contributed by atoms with E-state index in [1.807, 2.05) is 0 Å². The second kappa shape index (κ2) is 10.9. The number of amidine groups is 1. The monoisotopic (exact) mass is 382 g/mol. The van der Waals surface area contributed by atoms with Crippen molar-refractivity contribution < 1.29 is 13.9 Å². The van der Waals surface area contributed by atoms with Gasteiger partial charge in [0.25, 0.3) is 0 Å². The van der Waals surface area contributed by atoms with E-state index < -0.39 is 18.6 Å². The lowest BCUT2D eigenvalue weighted by Crippen LogP contribution is -2.27. The summed E-state index contributed by atoms with van der Waals surface area (Å²) in [5.74, 6) is -1.57. The van der Waals surface area contributed by atoms with Crippen LogP contribution in [0.1, 0.15) is 18.7 Å². The molecule has 0 radical (unpaired) electrons. The molecule has 0 aromatic carbocycles. The van der Waals surface area contributed by atoms with Gasteiger partial charge < -0.3 is 16.2 Å². The topological polar surface area (TPSA) is 129 Å². The van der Waals surface area contributed by atoms with E-state index in [-0.39, 0.29) is 34.7 Å². The fraction of sp³-hybridized carbons (Fsp3) is 0.312. The van der Waals surface area contributed by atoms with Gasteiger partial charge in [-0.05, 0) is 25.3 Å². The minimum atomic E-state index is -1.15. The summed E-state index contributed by atoms with van der Waals surface area (Å²) in [6.45, 7) is 0.841. The number of ether oxygens (including phenoxy) is 1. The van der Waals surface area contributed by atoms with Crippen LogP contribution < -0.4 is 11.5 Å². The van der Waals surface area contributed by atoms with Crippen LogP contribution in [0.15, 0.2) is 46.4 Å². The van der Waals surface area contributed by atoms with E-state index in [1.54, 1.807) is 6.92 Å². The van der Waals surface area contributed by atoms with Crippen LogP contribution in [0.3, 0.4) is 0 Å². The highest BCUT2D eigenvalue weighted by molar-refractivity contribution is 6.30. The lowest BCUT2D eigenvalue weighted by Gasteiger charge is -2.15. The molecule has 1 unspecified atom stereocenters. The number of nitrogens with two attached hydrogens (primary N) is 2. The predicted molar refractivity (Wildman–Crippen MR) is 98.8 cm³/mol. The number of carbonyl (C=O) groups is 1. The van der Waals surface area contributed by atoms with Crippen molar-refractivity contribution in [1.82, 2.24) is 9.97 Å². The highest BCUT2D eigenvalue weighted by Crippen LogP contribution is 2.19. The third-order valence-corrected chi connectivity index (χ3v) is 3.12. The maximum Gasteiger partial charge on any atom is 0.322 e. The molecule has 0 aliphatic rings. The summed E-state index contributed by atoms with van der Waals surface area (Å²) in [6, 6.07) is 0. The molecule has 1 heterocycles. The van der Waals surface area contributed by atoms with Gasteiger partial charge in [0.2, 0.25) is 0 Å². The number of hydrogen-bond acceptors (Lipinski definition) is 7. The first-order valence-corrected chi connectivity index (χ1v) is 7.94. The van der Waals surface area contributed by atoms with E-state index in [4.69, 9.17) is 27.8 Å². The van der Waals surface area contributed by atoms with Gasteiger partial charge in [0.05, 0.1) is 17.3 Å². The number of rotatable bonds is 7. The Kier molecular flexibility index (Phi) is 8.93. The van der Waals surface area contributed by atoms with Gasteiger partial charge >= 0.3 is 5.97 Å². The second-order valence-corrected chi connectivity index (χ2v) is 5.21. The first kappa shape index (κ1) is 21.2. The number of halogens is 2. The summed E-state index contributed by atoms with van der Waals surface area (Å²) < 4.78 is 18.0. The van der Waals surface area contributed by atoms with Gasteiger partial charge in [0.15, 0.2) is 5.92 Å². The lowest BCUT2D eigenvalue weighted by atomic mass is 10.0. The molecule has 140 valence electrons. The van der Waals surface area contributed by atoms with Crippen LogP contribution in [0.5, 0.6) is 0 Å². The highest BCUT2D eigenvalue weighted by atomic mass is 35.5. The Bertz CT molecular complexity index is 731. The first-order valence-electron chi connectivity index (χ1n) is 7.56. The largest absolute Gasteiger partial charge is 0.465 e. The van der Waals surface area contributed by atoms with Crippen LogP contribution in [-0.4, -0.2) is 47.8 Å². The number of nitrogens with zero attached hydrogens (tertiary/aromatic N) is 4. The lowest BCUT2D eigenvalue weighted by molar-refractivity contribution is -0.143. The first-order chi connectivity index (χ1) is 12.5. The Morgan fingerprint density at radius 3 is 2.62 bits per heavy atom. The van der Waals surface area contributed by atoms with Gasteiger partial charge in [-0.3, -0.25) is 9.79 Å². The summed E-state index contributed by atoms with van der Waals surface area (Å²) in [5, 5.41) is 0.288. The summed E-state index contributed by atoms with van der Waals surface area (Å²) >= 11 is 5.80. The molecular weight excluding hydrogens is 363 g/mol. The van der Waals surface area contributed by atoms with Crippen molar-refractivity contribution in [3.05, 3.63) is 47.3 Å². The fourth-order valence-corrected chi connectivity index (χ4v) is 1.94. The summed E-state index contributed by atoms with van der Waals surface area (Å²) in [7, 11) is 1.48. The number of aromatic nitrogens is 2. The predicted octanol–water partition coefficient (Wildman–Crippen LogP) is 1.53. The molecule has 26 heavy (non-hydrogen) atoms. The number of allylic oxidation sites excluding steroid dienone is 2. The number of aliphatic imine (C=N–C) groups is 2. The summed E-state index contributed by atoms with van der Waals surface area (Å²) in [5.41, 5.74) is 10.9. The van der Waals surface area contributed by atoms with Crippen molar-refractivity contribution >= 4 is 29.1 Å². The van der Waals surface area contributed by atoms with Crippen molar-refractivity contribution in [2.45, 2.75) is 12.8 Å². The van der Waals surface area contributed by atoms with Crippen LogP contribution >= 0.6 is 11.6 Å². The Hall–Kier alpha value is -2.81. The molecule has 0 amide bonds. The molecule has 1 aromatic heterocycles. The van der Waals surface area contributed by atoms with Crippen LogP contribution in [-0.2, 0) is 9.53 Å². The van der Waals surface area contributed by atoms with Crippen molar-refractivity contribution in [2.24, 2.45) is 21.5 Å². The molecule has 0 aliphatic carbocycles. The van der Waals surface area contributed by atoms with E-state index in [2.05, 4.69) is 20.0 Å². The van der Waals surface area contributed by atoms with Gasteiger partial charge in [0.1, 0.15) is 18.3 Å². The Balaban J connectivity index is 3.56. The quantitative estimate of drug-likeness (QED) is 0.418. The van der Waals surface area contributed by atoms with Crippen molar-refractivity contribution in [2.75, 3.05) is 20.3 Å². The molecule has 4 N–H and O–H groups in total. The second-order valence-electron chi connectivity index (χ2n) is 4.78. The van der Waals surface area contributed by atoms with E-state index in [0.717, 1.165) is 0 Å². The Labute approximate surface area is 155 Å². The molecular formula is C16H20ClFN6O2. The summed E-state index contributed by atoms with van der Waals surface area (Å²) in [6.07, 6.45) is 6.50. The highest BCUT2D eigenvalue weighted by Gasteiger charge is 2.30. The number of hydrogen-bond donors (Lipinski definition) is 2. The van der Waals surface area contributed by atoms with Gasteiger partial charge in [0, 0.05) is 25.1 Å². The third-order valence-electron chi connectivity index (χ3n) is 2.92. The molecule has 1 atom stereocenters. The van der Waals surface area contributed by atoms with E-state index >= 15 is 0 Å². The smallest absolute Gasteiger partial charge is 0.322 e. The maximum atomic E-state index is 12.9. The zero-order valence-electron chi connectivity index (χ0n) is 14.4.